The van der Waals surface area contributed by atoms with E-state index in [9.17, 15) is 4.79 Å². The molecule has 2 heterocycles. The minimum Gasteiger partial charge on any atom is -0.474 e. The number of thiophene rings is 1. The predicted molar refractivity (Wildman–Crippen MR) is 87.6 cm³/mol. The molecule has 2 aromatic heterocycles. The van der Waals surface area contributed by atoms with Gasteiger partial charge >= 0.3 is 6.09 Å². The van der Waals surface area contributed by atoms with Crippen molar-refractivity contribution < 1.29 is 14.6 Å². The number of carboxylic acid groups (broad SMARTS) is 1. The third kappa shape index (κ3) is 3.03. The molecular formula is C14H16BrN3O3S. The summed E-state index contributed by atoms with van der Waals surface area (Å²) in [6.07, 6.45) is 4.00. The first-order valence-corrected chi connectivity index (χ1v) is 8.73. The van der Waals surface area contributed by atoms with E-state index in [1.54, 1.807) is 18.4 Å². The van der Waals surface area contributed by atoms with Crippen molar-refractivity contribution >= 4 is 43.6 Å². The summed E-state index contributed by atoms with van der Waals surface area (Å²) < 4.78 is 7.00. The summed E-state index contributed by atoms with van der Waals surface area (Å²) in [7, 11) is 1.63. The Kier molecular flexibility index (Phi) is 4.49. The molecule has 1 N–H and O–H groups in total. The van der Waals surface area contributed by atoms with E-state index in [1.807, 2.05) is 5.38 Å². The molecule has 2 aromatic rings. The Morgan fingerprint density at radius 3 is 2.82 bits per heavy atom. The van der Waals surface area contributed by atoms with Gasteiger partial charge in [-0.1, -0.05) is 0 Å². The first kappa shape index (κ1) is 15.5. The zero-order valence-corrected chi connectivity index (χ0v) is 14.4. The van der Waals surface area contributed by atoms with Crippen LogP contribution in [0.4, 0.5) is 4.79 Å². The number of fused-ring (bicyclic) bond motifs is 1. The molecule has 8 heteroatoms. The Hall–Kier alpha value is -1.41. The van der Waals surface area contributed by atoms with Crippen LogP contribution in [-0.2, 0) is 0 Å². The normalized spacial score (nSPS) is 21.7. The summed E-state index contributed by atoms with van der Waals surface area (Å²) in [5.74, 6) is 0.605. The van der Waals surface area contributed by atoms with Gasteiger partial charge in [0.2, 0.25) is 5.88 Å². The standard InChI is InChI=1S/C14H16BrN3O3S/c1-18(14(19)20)8-2-4-9(5-3-8)21-12-11-10(15)6-22-13(11)17-7-16-12/h6-9H,2-5H2,1H3,(H,19,20)/t8-,9-. The summed E-state index contributed by atoms with van der Waals surface area (Å²) >= 11 is 5.05. The van der Waals surface area contributed by atoms with Crippen LogP contribution in [0.2, 0.25) is 0 Å². The highest BCUT2D eigenvalue weighted by atomic mass is 79.9. The van der Waals surface area contributed by atoms with Crippen molar-refractivity contribution in [2.75, 3.05) is 7.05 Å². The maximum absolute atomic E-state index is 11.0. The van der Waals surface area contributed by atoms with E-state index in [0.29, 0.717) is 5.88 Å². The van der Waals surface area contributed by atoms with Crippen LogP contribution in [0.25, 0.3) is 10.2 Å². The number of ether oxygens (including phenoxy) is 1. The van der Waals surface area contributed by atoms with E-state index >= 15 is 0 Å². The zero-order valence-electron chi connectivity index (χ0n) is 12.0. The fraction of sp³-hybridized carbons (Fsp3) is 0.500. The number of aromatic nitrogens is 2. The van der Waals surface area contributed by atoms with Crippen molar-refractivity contribution in [1.82, 2.24) is 14.9 Å². The molecule has 1 saturated carbocycles. The van der Waals surface area contributed by atoms with E-state index in [-0.39, 0.29) is 12.1 Å². The van der Waals surface area contributed by atoms with Gasteiger partial charge in [-0.2, -0.15) is 0 Å². The number of rotatable bonds is 3. The Balaban J connectivity index is 1.67. The summed E-state index contributed by atoms with van der Waals surface area (Å²) in [5.41, 5.74) is 0. The van der Waals surface area contributed by atoms with Crippen LogP contribution in [0.1, 0.15) is 25.7 Å². The Morgan fingerprint density at radius 2 is 2.14 bits per heavy atom. The Labute approximate surface area is 140 Å². The average Bonchev–Trinajstić information content (AvgIpc) is 2.90. The molecule has 22 heavy (non-hydrogen) atoms. The summed E-state index contributed by atoms with van der Waals surface area (Å²) in [4.78, 5) is 21.8. The SMILES string of the molecule is CN(C(=O)O)[C@H]1CC[C@H](Oc2ncnc3scc(Br)c23)CC1. The summed E-state index contributed by atoms with van der Waals surface area (Å²) in [5, 5.41) is 11.9. The monoisotopic (exact) mass is 385 g/mol. The van der Waals surface area contributed by atoms with Gasteiger partial charge in [0.05, 0.1) is 5.39 Å². The molecule has 0 aromatic carbocycles. The maximum Gasteiger partial charge on any atom is 0.407 e. The number of carbonyl (C=O) groups is 1. The van der Waals surface area contributed by atoms with Gasteiger partial charge in [0.1, 0.15) is 17.3 Å². The molecule has 6 nitrogen and oxygen atoms in total. The largest absolute Gasteiger partial charge is 0.474 e. The number of halogens is 1. The highest BCUT2D eigenvalue weighted by Gasteiger charge is 2.28. The molecule has 1 aliphatic rings. The lowest BCUT2D eigenvalue weighted by Crippen LogP contribution is -2.40. The third-order valence-electron chi connectivity index (χ3n) is 4.06. The molecule has 1 aliphatic carbocycles. The minimum absolute atomic E-state index is 0.0725. The van der Waals surface area contributed by atoms with Crippen molar-refractivity contribution in [2.45, 2.75) is 37.8 Å². The second kappa shape index (κ2) is 6.37. The highest BCUT2D eigenvalue weighted by Crippen LogP contribution is 2.36. The predicted octanol–water partition coefficient (Wildman–Crippen LogP) is 3.75. The van der Waals surface area contributed by atoms with E-state index in [1.165, 1.54) is 11.2 Å². The van der Waals surface area contributed by atoms with E-state index in [2.05, 4.69) is 25.9 Å². The number of hydrogen-bond acceptors (Lipinski definition) is 5. The molecule has 0 saturated heterocycles. The van der Waals surface area contributed by atoms with Crippen LogP contribution in [-0.4, -0.2) is 45.3 Å². The van der Waals surface area contributed by atoms with Gasteiger partial charge in [0.15, 0.2) is 0 Å². The molecule has 1 amide bonds. The fourth-order valence-corrected chi connectivity index (χ4v) is 4.29. The van der Waals surface area contributed by atoms with Crippen molar-refractivity contribution in [3.8, 4) is 5.88 Å². The van der Waals surface area contributed by atoms with Crippen molar-refractivity contribution in [2.24, 2.45) is 0 Å². The first-order valence-electron chi connectivity index (χ1n) is 7.06. The molecule has 1 fully saturated rings. The smallest absolute Gasteiger partial charge is 0.407 e. The van der Waals surface area contributed by atoms with Crippen LogP contribution < -0.4 is 4.74 Å². The topological polar surface area (TPSA) is 75.6 Å². The lowest BCUT2D eigenvalue weighted by Gasteiger charge is -2.33. The molecule has 0 radical (unpaired) electrons. The molecule has 0 aliphatic heterocycles. The number of hydrogen-bond donors (Lipinski definition) is 1. The molecule has 0 bridgehead atoms. The van der Waals surface area contributed by atoms with E-state index in [0.717, 1.165) is 40.4 Å². The van der Waals surface area contributed by atoms with E-state index in [4.69, 9.17) is 9.84 Å². The van der Waals surface area contributed by atoms with Gasteiger partial charge in [-0.05, 0) is 41.6 Å². The van der Waals surface area contributed by atoms with Crippen LogP contribution in [0.3, 0.4) is 0 Å². The van der Waals surface area contributed by atoms with Crippen LogP contribution >= 0.6 is 27.3 Å². The maximum atomic E-state index is 11.0. The molecule has 3 rings (SSSR count). The summed E-state index contributed by atoms with van der Waals surface area (Å²) in [6, 6.07) is 0.0793. The minimum atomic E-state index is -0.871. The van der Waals surface area contributed by atoms with Crippen LogP contribution in [0, 0.1) is 0 Å². The van der Waals surface area contributed by atoms with Gasteiger partial charge in [0.25, 0.3) is 0 Å². The first-order chi connectivity index (χ1) is 10.6. The Bertz CT molecular complexity index is 685. The quantitative estimate of drug-likeness (QED) is 0.870. The molecule has 0 unspecified atom stereocenters. The fourth-order valence-electron chi connectivity index (χ4n) is 2.77. The number of amides is 1. The van der Waals surface area contributed by atoms with Crippen LogP contribution in [0.15, 0.2) is 16.2 Å². The highest BCUT2D eigenvalue weighted by molar-refractivity contribution is 9.10. The lowest BCUT2D eigenvalue weighted by molar-refractivity contribution is 0.0891. The third-order valence-corrected chi connectivity index (χ3v) is 5.88. The van der Waals surface area contributed by atoms with Crippen molar-refractivity contribution in [1.29, 1.82) is 0 Å². The van der Waals surface area contributed by atoms with Crippen LogP contribution in [0.5, 0.6) is 5.88 Å². The lowest BCUT2D eigenvalue weighted by atomic mass is 9.92. The van der Waals surface area contributed by atoms with Gasteiger partial charge < -0.3 is 14.7 Å². The van der Waals surface area contributed by atoms with Gasteiger partial charge in [0, 0.05) is 22.9 Å². The van der Waals surface area contributed by atoms with Gasteiger partial charge in [-0.3, -0.25) is 0 Å². The Morgan fingerprint density at radius 1 is 1.41 bits per heavy atom. The molecule has 0 atom stereocenters. The number of nitrogens with zero attached hydrogens (tertiary/aromatic N) is 3. The van der Waals surface area contributed by atoms with Gasteiger partial charge in [-0.15, -0.1) is 11.3 Å². The van der Waals surface area contributed by atoms with Gasteiger partial charge in [-0.25, -0.2) is 14.8 Å². The molecule has 0 spiro atoms. The average molecular weight is 386 g/mol. The van der Waals surface area contributed by atoms with E-state index < -0.39 is 6.09 Å². The summed E-state index contributed by atoms with van der Waals surface area (Å²) in [6.45, 7) is 0. The zero-order chi connectivity index (χ0) is 15.7. The van der Waals surface area contributed by atoms with Crippen molar-refractivity contribution in [3.63, 3.8) is 0 Å². The second-order valence-electron chi connectivity index (χ2n) is 5.38. The molecule has 118 valence electrons. The van der Waals surface area contributed by atoms with Crippen molar-refractivity contribution in [3.05, 3.63) is 16.2 Å². The molecular weight excluding hydrogens is 370 g/mol. The second-order valence-corrected chi connectivity index (χ2v) is 7.10.